The molecule has 1 heterocycles. The summed E-state index contributed by atoms with van der Waals surface area (Å²) in [5.74, 6) is 1.78. The van der Waals surface area contributed by atoms with Crippen LogP contribution in [-0.2, 0) is 19.5 Å². The Morgan fingerprint density at radius 1 is 1.30 bits per heavy atom. The van der Waals surface area contributed by atoms with E-state index >= 15 is 0 Å². The molecule has 2 N–H and O–H groups in total. The van der Waals surface area contributed by atoms with Crippen LogP contribution in [0.5, 0.6) is 0 Å². The number of aliphatic imine (C=N–C) groups is 1. The molecule has 0 saturated carbocycles. The maximum atomic E-state index is 4.39. The molecule has 0 radical (unpaired) electrons. The Labute approximate surface area is 119 Å². The highest BCUT2D eigenvalue weighted by Gasteiger charge is 2.03. The van der Waals surface area contributed by atoms with Crippen molar-refractivity contribution in [3.05, 3.63) is 54.1 Å². The van der Waals surface area contributed by atoms with Crippen LogP contribution in [0.25, 0.3) is 0 Å². The average molecular weight is 271 g/mol. The number of guanidine groups is 1. The van der Waals surface area contributed by atoms with Crippen LogP contribution in [0.4, 0.5) is 0 Å². The topological polar surface area (TPSA) is 54.2 Å². The molecule has 2 aromatic rings. The molecule has 2 rings (SSSR count). The van der Waals surface area contributed by atoms with Crippen molar-refractivity contribution in [2.24, 2.45) is 4.99 Å². The van der Waals surface area contributed by atoms with E-state index < -0.39 is 0 Å². The quantitative estimate of drug-likeness (QED) is 0.639. The molecule has 0 amide bonds. The monoisotopic (exact) mass is 271 g/mol. The number of nitrogens with zero attached hydrogens (tertiary/aromatic N) is 3. The van der Waals surface area contributed by atoms with E-state index in [1.54, 1.807) is 7.05 Å². The average Bonchev–Trinajstić information content (AvgIpc) is 2.95. The van der Waals surface area contributed by atoms with Crippen LogP contribution in [-0.4, -0.2) is 29.6 Å². The summed E-state index contributed by atoms with van der Waals surface area (Å²) in [6.07, 6.45) is 4.86. The normalized spacial score (nSPS) is 11.4. The first kappa shape index (κ1) is 14.1. The maximum Gasteiger partial charge on any atom is 0.191 e. The van der Waals surface area contributed by atoms with Gasteiger partial charge in [-0.15, -0.1) is 0 Å². The molecule has 0 bridgehead atoms. The first-order valence-corrected chi connectivity index (χ1v) is 6.76. The van der Waals surface area contributed by atoms with Crippen molar-refractivity contribution in [1.29, 1.82) is 0 Å². The number of hydrogen-bond donors (Lipinski definition) is 2. The Balaban J connectivity index is 1.91. The van der Waals surface area contributed by atoms with Gasteiger partial charge in [-0.3, -0.25) is 4.99 Å². The lowest BCUT2D eigenvalue weighted by Gasteiger charge is -2.11. The van der Waals surface area contributed by atoms with Crippen molar-refractivity contribution in [3.8, 4) is 0 Å². The van der Waals surface area contributed by atoms with Crippen molar-refractivity contribution in [1.82, 2.24) is 20.2 Å². The maximum absolute atomic E-state index is 4.39. The van der Waals surface area contributed by atoms with Gasteiger partial charge in [0.2, 0.25) is 0 Å². The molecule has 0 atom stereocenters. The molecule has 0 spiro atoms. The van der Waals surface area contributed by atoms with Crippen LogP contribution in [0.2, 0.25) is 0 Å². The van der Waals surface area contributed by atoms with E-state index in [4.69, 9.17) is 0 Å². The van der Waals surface area contributed by atoms with Gasteiger partial charge in [-0.2, -0.15) is 0 Å². The summed E-state index contributed by atoms with van der Waals surface area (Å²) in [5, 5.41) is 6.21. The number of aryl methyl sites for hydroxylation is 2. The fraction of sp³-hybridized carbons (Fsp3) is 0.333. The van der Waals surface area contributed by atoms with Gasteiger partial charge in [-0.1, -0.05) is 30.3 Å². The Bertz CT molecular complexity index is 544. The molecule has 0 fully saturated rings. The summed E-state index contributed by atoms with van der Waals surface area (Å²) in [7, 11) is 3.60. The number of hydrogen-bond acceptors (Lipinski definition) is 2. The second-order valence-corrected chi connectivity index (χ2v) is 4.45. The second kappa shape index (κ2) is 7.33. The summed E-state index contributed by atoms with van der Waals surface area (Å²) in [4.78, 5) is 8.47. The van der Waals surface area contributed by atoms with E-state index in [0.29, 0.717) is 6.54 Å². The standard InChI is InChI=1S/C15H21N5/c1-16-15(17-2)19-12-14-18-9-11-20(14)10-8-13-6-4-3-5-7-13/h3-7,9,11H,8,10,12H2,1-2H3,(H2,16,17,19). The van der Waals surface area contributed by atoms with Gasteiger partial charge in [0.15, 0.2) is 5.96 Å². The molecule has 5 nitrogen and oxygen atoms in total. The first-order chi connectivity index (χ1) is 9.83. The molecule has 0 aliphatic heterocycles. The lowest BCUT2D eigenvalue weighted by molar-refractivity contribution is 0.636. The molecule has 0 aliphatic rings. The number of benzene rings is 1. The number of nitrogens with one attached hydrogen (secondary N) is 2. The Hall–Kier alpha value is -2.30. The zero-order valence-electron chi connectivity index (χ0n) is 12.0. The minimum atomic E-state index is 0.662. The number of aromatic nitrogens is 2. The Kier molecular flexibility index (Phi) is 5.17. The lowest BCUT2D eigenvalue weighted by Crippen LogP contribution is -2.34. The predicted molar refractivity (Wildman–Crippen MR) is 81.6 cm³/mol. The molecular formula is C15H21N5. The number of imidazole rings is 1. The van der Waals surface area contributed by atoms with Gasteiger partial charge in [0.05, 0.1) is 6.54 Å². The first-order valence-electron chi connectivity index (χ1n) is 6.76. The fourth-order valence-corrected chi connectivity index (χ4v) is 2.05. The van der Waals surface area contributed by atoms with Crippen LogP contribution >= 0.6 is 0 Å². The minimum absolute atomic E-state index is 0.662. The van der Waals surface area contributed by atoms with E-state index in [9.17, 15) is 0 Å². The van der Waals surface area contributed by atoms with E-state index in [-0.39, 0.29) is 0 Å². The molecule has 20 heavy (non-hydrogen) atoms. The van der Waals surface area contributed by atoms with E-state index in [2.05, 4.69) is 49.4 Å². The van der Waals surface area contributed by atoms with Crippen LogP contribution in [0.1, 0.15) is 11.4 Å². The zero-order valence-corrected chi connectivity index (χ0v) is 12.0. The summed E-state index contributed by atoms with van der Waals surface area (Å²) >= 11 is 0. The molecule has 5 heteroatoms. The van der Waals surface area contributed by atoms with Crippen LogP contribution in [0.15, 0.2) is 47.7 Å². The lowest BCUT2D eigenvalue weighted by atomic mass is 10.1. The van der Waals surface area contributed by atoms with Crippen molar-refractivity contribution in [2.45, 2.75) is 19.5 Å². The summed E-state index contributed by atoms with van der Waals surface area (Å²) in [5.41, 5.74) is 1.34. The summed E-state index contributed by atoms with van der Waals surface area (Å²) < 4.78 is 2.17. The Morgan fingerprint density at radius 3 is 2.80 bits per heavy atom. The molecule has 0 saturated heterocycles. The molecule has 106 valence electrons. The molecular weight excluding hydrogens is 250 g/mol. The third-order valence-corrected chi connectivity index (χ3v) is 3.16. The van der Waals surface area contributed by atoms with Gasteiger partial charge >= 0.3 is 0 Å². The Morgan fingerprint density at radius 2 is 2.10 bits per heavy atom. The highest BCUT2D eigenvalue weighted by atomic mass is 15.2. The highest BCUT2D eigenvalue weighted by Crippen LogP contribution is 2.04. The van der Waals surface area contributed by atoms with Crippen LogP contribution in [0.3, 0.4) is 0 Å². The van der Waals surface area contributed by atoms with E-state index in [0.717, 1.165) is 24.7 Å². The highest BCUT2D eigenvalue weighted by molar-refractivity contribution is 5.79. The van der Waals surface area contributed by atoms with Gasteiger partial charge in [-0.05, 0) is 12.0 Å². The molecule has 0 unspecified atom stereocenters. The fourth-order valence-electron chi connectivity index (χ4n) is 2.05. The largest absolute Gasteiger partial charge is 0.359 e. The van der Waals surface area contributed by atoms with Crippen LogP contribution < -0.4 is 10.6 Å². The third-order valence-electron chi connectivity index (χ3n) is 3.16. The van der Waals surface area contributed by atoms with Gasteiger partial charge < -0.3 is 15.2 Å². The van der Waals surface area contributed by atoms with E-state index in [1.165, 1.54) is 5.56 Å². The SMILES string of the molecule is CN=C(NC)NCc1nccn1CCc1ccccc1. The van der Waals surface area contributed by atoms with E-state index in [1.807, 2.05) is 25.5 Å². The molecule has 0 aliphatic carbocycles. The zero-order chi connectivity index (χ0) is 14.2. The smallest absolute Gasteiger partial charge is 0.191 e. The van der Waals surface area contributed by atoms with Gasteiger partial charge in [0, 0.05) is 33.0 Å². The molecule has 1 aromatic heterocycles. The third kappa shape index (κ3) is 3.85. The van der Waals surface area contributed by atoms with Gasteiger partial charge in [0.1, 0.15) is 5.82 Å². The van der Waals surface area contributed by atoms with Crippen molar-refractivity contribution < 1.29 is 0 Å². The predicted octanol–water partition coefficient (Wildman–Crippen LogP) is 1.42. The number of rotatable bonds is 5. The van der Waals surface area contributed by atoms with Crippen molar-refractivity contribution >= 4 is 5.96 Å². The van der Waals surface area contributed by atoms with Crippen molar-refractivity contribution in [2.75, 3.05) is 14.1 Å². The summed E-state index contributed by atoms with van der Waals surface area (Å²) in [6.45, 7) is 1.59. The second-order valence-electron chi connectivity index (χ2n) is 4.45. The van der Waals surface area contributed by atoms with Gasteiger partial charge in [-0.25, -0.2) is 4.98 Å². The summed E-state index contributed by atoms with van der Waals surface area (Å²) in [6, 6.07) is 10.5. The minimum Gasteiger partial charge on any atom is -0.359 e. The van der Waals surface area contributed by atoms with Crippen molar-refractivity contribution in [3.63, 3.8) is 0 Å². The van der Waals surface area contributed by atoms with Crippen LogP contribution in [0, 0.1) is 0 Å². The molecule has 1 aromatic carbocycles. The van der Waals surface area contributed by atoms with Gasteiger partial charge in [0.25, 0.3) is 0 Å².